The minimum atomic E-state index is -0.283. The van der Waals surface area contributed by atoms with E-state index < -0.39 is 0 Å². The number of H-pyrrole nitrogens is 1. The molecule has 0 atom stereocenters. The summed E-state index contributed by atoms with van der Waals surface area (Å²) in [7, 11) is 0. The Morgan fingerprint density at radius 2 is 1.62 bits per heavy atom. The van der Waals surface area contributed by atoms with Gasteiger partial charge in [-0.05, 0) is 85.0 Å². The van der Waals surface area contributed by atoms with Crippen molar-refractivity contribution in [2.45, 2.75) is 25.7 Å². The number of hydrogen-bond acceptors (Lipinski definition) is 2. The van der Waals surface area contributed by atoms with Gasteiger partial charge in [-0.15, -0.1) is 0 Å². The lowest BCUT2D eigenvalue weighted by Crippen LogP contribution is -2.27. The normalized spacial score (nSPS) is 13.4. The summed E-state index contributed by atoms with van der Waals surface area (Å²) in [5, 5.41) is 3.99. The average molecular weight is 456 g/mol. The SMILES string of the molecule is O=C(CCc1c(-c2ccc(F)cc2)[nH]c2ccccc12)Nc1ccc(C(=O)N2CCCC2)cc1. The standard InChI is InChI=1S/C28H26FN3O2/c29-21-11-7-19(8-12-21)27-24(23-5-1-2-6-25(23)31-27)15-16-26(33)30-22-13-9-20(10-14-22)28(34)32-17-3-4-18-32/h1-2,5-14,31H,3-4,15-18H2,(H,30,33). The second kappa shape index (κ2) is 9.51. The molecule has 2 N–H and O–H groups in total. The van der Waals surface area contributed by atoms with Crippen LogP contribution in [0.2, 0.25) is 0 Å². The molecule has 0 radical (unpaired) electrons. The molecule has 0 saturated carbocycles. The van der Waals surface area contributed by atoms with Crippen LogP contribution in [-0.4, -0.2) is 34.8 Å². The number of aryl methyl sites for hydroxylation is 1. The van der Waals surface area contributed by atoms with Crippen molar-refractivity contribution in [3.8, 4) is 11.3 Å². The molecule has 1 saturated heterocycles. The van der Waals surface area contributed by atoms with Crippen LogP contribution in [0.15, 0.2) is 72.8 Å². The molecule has 1 aromatic heterocycles. The number of halogens is 1. The average Bonchev–Trinajstić information content (AvgIpc) is 3.52. The van der Waals surface area contributed by atoms with Crippen molar-refractivity contribution in [1.82, 2.24) is 9.88 Å². The number of aromatic nitrogens is 1. The minimum absolute atomic E-state index is 0.0445. The lowest BCUT2D eigenvalue weighted by atomic mass is 10.0. The van der Waals surface area contributed by atoms with Crippen LogP contribution in [0, 0.1) is 5.82 Å². The highest BCUT2D eigenvalue weighted by Gasteiger charge is 2.19. The maximum atomic E-state index is 13.4. The van der Waals surface area contributed by atoms with Gasteiger partial charge in [0.2, 0.25) is 5.91 Å². The molecule has 5 nitrogen and oxygen atoms in total. The van der Waals surface area contributed by atoms with Crippen molar-refractivity contribution >= 4 is 28.4 Å². The molecule has 34 heavy (non-hydrogen) atoms. The first-order chi connectivity index (χ1) is 16.6. The van der Waals surface area contributed by atoms with Crippen LogP contribution >= 0.6 is 0 Å². The summed E-state index contributed by atoms with van der Waals surface area (Å²) in [6.45, 7) is 1.62. The van der Waals surface area contributed by atoms with Crippen LogP contribution in [0.4, 0.5) is 10.1 Å². The number of rotatable bonds is 6. The van der Waals surface area contributed by atoms with E-state index in [1.807, 2.05) is 29.2 Å². The number of carbonyl (C=O) groups excluding carboxylic acids is 2. The molecular weight excluding hydrogens is 429 g/mol. The number of anilines is 1. The number of nitrogens with zero attached hydrogens (tertiary/aromatic N) is 1. The second-order valence-electron chi connectivity index (χ2n) is 8.66. The lowest BCUT2D eigenvalue weighted by molar-refractivity contribution is -0.116. The van der Waals surface area contributed by atoms with Crippen molar-refractivity contribution in [3.63, 3.8) is 0 Å². The van der Waals surface area contributed by atoms with E-state index in [1.54, 1.807) is 36.4 Å². The van der Waals surface area contributed by atoms with Gasteiger partial charge >= 0.3 is 0 Å². The zero-order chi connectivity index (χ0) is 23.5. The number of fused-ring (bicyclic) bond motifs is 1. The Hall–Kier alpha value is -3.93. The summed E-state index contributed by atoms with van der Waals surface area (Å²) < 4.78 is 13.4. The number of para-hydroxylation sites is 1. The summed E-state index contributed by atoms with van der Waals surface area (Å²) in [4.78, 5) is 30.5. The molecule has 172 valence electrons. The van der Waals surface area contributed by atoms with Crippen molar-refractivity contribution < 1.29 is 14.0 Å². The van der Waals surface area contributed by atoms with Gasteiger partial charge in [0, 0.05) is 47.4 Å². The number of nitrogens with one attached hydrogen (secondary N) is 2. The van der Waals surface area contributed by atoms with Gasteiger partial charge in [0.05, 0.1) is 0 Å². The third kappa shape index (κ3) is 4.57. The molecule has 2 amide bonds. The van der Waals surface area contributed by atoms with E-state index >= 15 is 0 Å². The fraction of sp³-hybridized carbons (Fsp3) is 0.214. The quantitative estimate of drug-likeness (QED) is 0.387. The lowest BCUT2D eigenvalue weighted by Gasteiger charge is -2.15. The number of hydrogen-bond donors (Lipinski definition) is 2. The molecular formula is C28H26FN3O2. The number of benzene rings is 3. The Morgan fingerprint density at radius 1 is 0.912 bits per heavy atom. The molecule has 1 aliphatic rings. The Labute approximate surface area is 197 Å². The molecule has 0 bridgehead atoms. The number of carbonyl (C=O) groups is 2. The zero-order valence-corrected chi connectivity index (χ0v) is 18.8. The number of aromatic amines is 1. The van der Waals surface area contributed by atoms with E-state index in [9.17, 15) is 14.0 Å². The molecule has 6 heteroatoms. The summed E-state index contributed by atoms with van der Waals surface area (Å²) in [6.07, 6.45) is 2.94. The van der Waals surface area contributed by atoms with Gasteiger partial charge in [-0.25, -0.2) is 4.39 Å². The van der Waals surface area contributed by atoms with E-state index in [4.69, 9.17) is 0 Å². The number of likely N-dealkylation sites (tertiary alicyclic amines) is 1. The van der Waals surface area contributed by atoms with E-state index in [-0.39, 0.29) is 17.6 Å². The first-order valence-corrected chi connectivity index (χ1v) is 11.6. The van der Waals surface area contributed by atoms with Gasteiger partial charge in [-0.3, -0.25) is 9.59 Å². The number of amides is 2. The predicted octanol–water partition coefficient (Wildman–Crippen LogP) is 5.78. The molecule has 1 aliphatic heterocycles. The maximum Gasteiger partial charge on any atom is 0.253 e. The van der Waals surface area contributed by atoms with Crippen molar-refractivity contribution in [3.05, 3.63) is 89.7 Å². The van der Waals surface area contributed by atoms with E-state index in [0.717, 1.165) is 53.7 Å². The van der Waals surface area contributed by atoms with Gasteiger partial charge in [0.25, 0.3) is 5.91 Å². The van der Waals surface area contributed by atoms with E-state index in [0.29, 0.717) is 24.1 Å². The Morgan fingerprint density at radius 3 is 2.35 bits per heavy atom. The van der Waals surface area contributed by atoms with Crippen LogP contribution < -0.4 is 5.32 Å². The predicted molar refractivity (Wildman–Crippen MR) is 132 cm³/mol. The van der Waals surface area contributed by atoms with Gasteiger partial charge in [0.15, 0.2) is 0 Å². The fourth-order valence-corrected chi connectivity index (χ4v) is 4.58. The molecule has 1 fully saturated rings. The van der Waals surface area contributed by atoms with Crippen molar-refractivity contribution in [2.75, 3.05) is 18.4 Å². The van der Waals surface area contributed by atoms with E-state index in [1.165, 1.54) is 12.1 Å². The second-order valence-corrected chi connectivity index (χ2v) is 8.66. The smallest absolute Gasteiger partial charge is 0.253 e. The van der Waals surface area contributed by atoms with Crippen LogP contribution in [0.3, 0.4) is 0 Å². The molecule has 0 unspecified atom stereocenters. The monoisotopic (exact) mass is 455 g/mol. The molecule has 3 aromatic carbocycles. The largest absolute Gasteiger partial charge is 0.354 e. The Balaban J connectivity index is 1.28. The first-order valence-electron chi connectivity index (χ1n) is 11.6. The third-order valence-corrected chi connectivity index (χ3v) is 6.36. The Kier molecular flexibility index (Phi) is 6.12. The van der Waals surface area contributed by atoms with Gasteiger partial charge < -0.3 is 15.2 Å². The zero-order valence-electron chi connectivity index (χ0n) is 18.8. The molecule has 2 heterocycles. The Bertz CT molecular complexity index is 1320. The van der Waals surface area contributed by atoms with Gasteiger partial charge in [0.1, 0.15) is 5.82 Å². The summed E-state index contributed by atoms with van der Waals surface area (Å²) in [5.74, 6) is -0.342. The van der Waals surface area contributed by atoms with Crippen molar-refractivity contribution in [1.29, 1.82) is 0 Å². The highest BCUT2D eigenvalue weighted by molar-refractivity contribution is 5.96. The highest BCUT2D eigenvalue weighted by Crippen LogP contribution is 2.31. The van der Waals surface area contributed by atoms with Crippen LogP contribution in [0.1, 0.15) is 35.2 Å². The van der Waals surface area contributed by atoms with Crippen LogP contribution in [0.25, 0.3) is 22.2 Å². The third-order valence-electron chi connectivity index (χ3n) is 6.36. The molecule has 4 aromatic rings. The molecule has 0 spiro atoms. The molecule has 5 rings (SSSR count). The summed E-state index contributed by atoms with van der Waals surface area (Å²) >= 11 is 0. The minimum Gasteiger partial charge on any atom is -0.354 e. The summed E-state index contributed by atoms with van der Waals surface area (Å²) in [5.41, 5.74) is 5.10. The van der Waals surface area contributed by atoms with Gasteiger partial charge in [-0.1, -0.05) is 18.2 Å². The van der Waals surface area contributed by atoms with Crippen LogP contribution in [0.5, 0.6) is 0 Å². The van der Waals surface area contributed by atoms with Crippen molar-refractivity contribution in [2.24, 2.45) is 0 Å². The summed E-state index contributed by atoms with van der Waals surface area (Å²) in [6, 6.07) is 21.4. The fourth-order valence-electron chi connectivity index (χ4n) is 4.58. The first kappa shape index (κ1) is 21.9. The highest BCUT2D eigenvalue weighted by atomic mass is 19.1. The van der Waals surface area contributed by atoms with Crippen LogP contribution in [-0.2, 0) is 11.2 Å². The van der Waals surface area contributed by atoms with Gasteiger partial charge in [-0.2, -0.15) is 0 Å². The molecule has 0 aliphatic carbocycles. The maximum absolute atomic E-state index is 13.4. The van der Waals surface area contributed by atoms with E-state index in [2.05, 4.69) is 10.3 Å². The topological polar surface area (TPSA) is 65.2 Å².